The highest BCUT2D eigenvalue weighted by Crippen LogP contribution is 2.36. The van der Waals surface area contributed by atoms with Gasteiger partial charge >= 0.3 is 26.8 Å². The maximum Gasteiger partial charge on any atom is 0.397 e. The van der Waals surface area contributed by atoms with Crippen molar-refractivity contribution in [2.75, 3.05) is 33.5 Å². The molecule has 0 aromatic rings. The molecule has 2 aliphatic heterocycles. The van der Waals surface area contributed by atoms with Crippen molar-refractivity contribution in [1.82, 2.24) is 0 Å². The number of rotatable bonds is 13. The van der Waals surface area contributed by atoms with Crippen LogP contribution < -0.4 is 5.73 Å². The van der Waals surface area contributed by atoms with E-state index in [-0.39, 0.29) is 25.7 Å². The van der Waals surface area contributed by atoms with Gasteiger partial charge in [0.2, 0.25) is 0 Å². The maximum absolute atomic E-state index is 11.8. The summed E-state index contributed by atoms with van der Waals surface area (Å²) in [6, 6.07) is -0.423. The van der Waals surface area contributed by atoms with Crippen LogP contribution in [-0.2, 0) is 52.9 Å². The molecule has 2 rings (SSSR count). The molecular weight excluding hydrogens is 542 g/mol. The predicted octanol–water partition coefficient (Wildman–Crippen LogP) is -0.482. The Balaban J connectivity index is 2.20. The van der Waals surface area contributed by atoms with Gasteiger partial charge in [-0.05, 0) is 18.3 Å². The average Bonchev–Trinajstić information content (AvgIpc) is 2.78. The molecule has 218 valence electrons. The first-order chi connectivity index (χ1) is 17.1. The van der Waals surface area contributed by atoms with Crippen molar-refractivity contribution >= 4 is 26.8 Å². The summed E-state index contributed by atoms with van der Waals surface area (Å²) in [6.45, 7) is 4.23. The molecule has 2 heterocycles. The van der Waals surface area contributed by atoms with Crippen LogP contribution >= 0.6 is 0 Å². The lowest BCUT2D eigenvalue weighted by Gasteiger charge is -2.45. The normalized spacial score (nSPS) is 37.4. The highest BCUT2D eigenvalue weighted by molar-refractivity contribution is 7.81. The van der Waals surface area contributed by atoms with Gasteiger partial charge in [-0.3, -0.25) is 9.11 Å². The van der Waals surface area contributed by atoms with E-state index in [1.807, 2.05) is 13.8 Å². The minimum absolute atomic E-state index is 0.0695. The Morgan fingerprint density at radius 3 is 2.05 bits per heavy atom. The largest absolute Gasteiger partial charge is 0.479 e. The van der Waals surface area contributed by atoms with Gasteiger partial charge in [0.1, 0.15) is 12.2 Å². The van der Waals surface area contributed by atoms with Gasteiger partial charge in [0.05, 0.1) is 38.6 Å². The first-order valence-electron chi connectivity index (χ1n) is 11.7. The Bertz CT molecular complexity index is 960. The van der Waals surface area contributed by atoms with Crippen LogP contribution in [0.3, 0.4) is 0 Å². The molecule has 2 saturated heterocycles. The molecule has 0 amide bonds. The standard InChI is InChI=1S/C20H37NO14S2/c1-5-14-17(21)10(2)12(15(33-14)9-32-36(24,25)26)7-31-8-16-18(35-37(27,28)29)11(3)13(6-30-4)19(34-16)20(22)23/h10-19H,5-9,21H2,1-4H3,(H,22,23)(H,24,25,26)(H,27,28,29)/t10-,11-,12+,13+,14-,15?,16+,17?,18?,19?/m1/s1. The van der Waals surface area contributed by atoms with E-state index in [2.05, 4.69) is 4.18 Å². The summed E-state index contributed by atoms with van der Waals surface area (Å²) in [4.78, 5) is 11.8. The van der Waals surface area contributed by atoms with Crippen LogP contribution in [0, 0.1) is 23.7 Å². The van der Waals surface area contributed by atoms with Gasteiger partial charge in [-0.25, -0.2) is 13.2 Å². The molecule has 0 aromatic carbocycles. The van der Waals surface area contributed by atoms with Crippen molar-refractivity contribution in [2.45, 2.75) is 63.8 Å². The monoisotopic (exact) mass is 579 g/mol. The van der Waals surface area contributed by atoms with Crippen molar-refractivity contribution in [1.29, 1.82) is 0 Å². The number of carboxylic acid groups (broad SMARTS) is 1. The van der Waals surface area contributed by atoms with Crippen LogP contribution in [-0.4, -0.2) is 107 Å². The number of carbonyl (C=O) groups is 1. The maximum atomic E-state index is 11.8. The van der Waals surface area contributed by atoms with Crippen LogP contribution in [0.1, 0.15) is 27.2 Å². The van der Waals surface area contributed by atoms with E-state index in [0.29, 0.717) is 6.42 Å². The Hall–Kier alpha value is -0.990. The third kappa shape index (κ3) is 9.03. The van der Waals surface area contributed by atoms with Crippen LogP contribution in [0.25, 0.3) is 0 Å². The van der Waals surface area contributed by atoms with Crippen LogP contribution in [0.5, 0.6) is 0 Å². The molecule has 0 bridgehead atoms. The molecule has 2 aliphatic rings. The minimum Gasteiger partial charge on any atom is -0.479 e. The lowest BCUT2D eigenvalue weighted by molar-refractivity contribution is -0.208. The van der Waals surface area contributed by atoms with Crippen molar-refractivity contribution in [3.8, 4) is 0 Å². The Labute approximate surface area is 216 Å². The van der Waals surface area contributed by atoms with Crippen molar-refractivity contribution in [3.63, 3.8) is 0 Å². The second-order valence-corrected chi connectivity index (χ2v) is 11.5. The number of carboxylic acids is 1. The van der Waals surface area contributed by atoms with Crippen LogP contribution in [0.4, 0.5) is 0 Å². The van der Waals surface area contributed by atoms with E-state index in [4.69, 9.17) is 33.4 Å². The highest BCUT2D eigenvalue weighted by atomic mass is 32.3. The quantitative estimate of drug-likeness (QED) is 0.202. The summed E-state index contributed by atoms with van der Waals surface area (Å²) < 4.78 is 95.2. The summed E-state index contributed by atoms with van der Waals surface area (Å²) in [5.74, 6) is -3.58. The number of hydrogen-bond acceptors (Lipinski definition) is 12. The summed E-state index contributed by atoms with van der Waals surface area (Å²) in [6.07, 6.45) is -4.55. The topological polar surface area (TPSA) is 227 Å². The SMILES string of the molecule is CC[C@H]1OC(COS(=O)(=O)O)[C@@H](COC[C@@H]2OC(C(=O)O)[C@@H](COC)[C@@H](C)C2OS(=O)(=O)O)[C@@H](C)C1N. The molecule has 15 nitrogen and oxygen atoms in total. The molecule has 10 atom stereocenters. The zero-order valence-corrected chi connectivity index (χ0v) is 22.7. The second kappa shape index (κ2) is 13.4. The van der Waals surface area contributed by atoms with E-state index in [1.165, 1.54) is 7.11 Å². The molecule has 4 unspecified atom stereocenters. The molecule has 5 N–H and O–H groups in total. The molecular formula is C20H37NO14S2. The van der Waals surface area contributed by atoms with Gasteiger partial charge in [-0.1, -0.05) is 20.8 Å². The highest BCUT2D eigenvalue weighted by Gasteiger charge is 2.49. The van der Waals surface area contributed by atoms with E-state index >= 15 is 0 Å². The summed E-state index contributed by atoms with van der Waals surface area (Å²) in [5, 5.41) is 9.65. The number of methoxy groups -OCH3 is 1. The summed E-state index contributed by atoms with van der Waals surface area (Å²) in [5.41, 5.74) is 6.28. The third-order valence-electron chi connectivity index (χ3n) is 7.02. The Kier molecular flexibility index (Phi) is 11.7. The van der Waals surface area contributed by atoms with Crippen molar-refractivity contribution in [2.24, 2.45) is 29.4 Å². The lowest BCUT2D eigenvalue weighted by atomic mass is 9.79. The van der Waals surface area contributed by atoms with Gasteiger partial charge in [0, 0.05) is 25.0 Å². The number of aliphatic carboxylic acids is 1. The molecule has 37 heavy (non-hydrogen) atoms. The van der Waals surface area contributed by atoms with Crippen LogP contribution in [0.2, 0.25) is 0 Å². The van der Waals surface area contributed by atoms with Crippen molar-refractivity contribution < 1.29 is 63.2 Å². The van der Waals surface area contributed by atoms with Crippen molar-refractivity contribution in [3.05, 3.63) is 0 Å². The van der Waals surface area contributed by atoms with E-state index in [1.54, 1.807) is 6.92 Å². The van der Waals surface area contributed by atoms with Gasteiger partial charge < -0.3 is 29.8 Å². The Morgan fingerprint density at radius 1 is 0.892 bits per heavy atom. The minimum atomic E-state index is -4.92. The molecule has 0 aromatic heterocycles. The third-order valence-corrected chi connectivity index (χ3v) is 7.92. The molecule has 0 radical (unpaired) electrons. The second-order valence-electron chi connectivity index (χ2n) is 9.37. The number of hydrogen-bond donors (Lipinski definition) is 4. The number of ether oxygens (including phenoxy) is 4. The van der Waals surface area contributed by atoms with E-state index in [0.717, 1.165) is 0 Å². The fourth-order valence-corrected chi connectivity index (χ4v) is 5.85. The average molecular weight is 580 g/mol. The first-order valence-corrected chi connectivity index (χ1v) is 14.5. The van der Waals surface area contributed by atoms with E-state index in [9.17, 15) is 31.3 Å². The van der Waals surface area contributed by atoms with E-state index < -0.39 is 87.7 Å². The fraction of sp³-hybridized carbons (Fsp3) is 0.950. The smallest absolute Gasteiger partial charge is 0.397 e. The molecule has 0 aliphatic carbocycles. The lowest BCUT2D eigenvalue weighted by Crippen LogP contribution is -2.58. The number of nitrogens with two attached hydrogens (primary N) is 1. The molecule has 2 fully saturated rings. The molecule has 17 heteroatoms. The summed E-state index contributed by atoms with van der Waals surface area (Å²) in [7, 11) is -8.30. The first kappa shape index (κ1) is 32.2. The molecule has 0 saturated carbocycles. The zero-order valence-electron chi connectivity index (χ0n) is 21.0. The zero-order chi connectivity index (χ0) is 28.1. The van der Waals surface area contributed by atoms with Gasteiger partial charge in [0.15, 0.2) is 6.10 Å². The predicted molar refractivity (Wildman–Crippen MR) is 125 cm³/mol. The molecule has 0 spiro atoms. The van der Waals surface area contributed by atoms with Crippen LogP contribution in [0.15, 0.2) is 0 Å². The van der Waals surface area contributed by atoms with Gasteiger partial charge in [-0.2, -0.15) is 16.8 Å². The Morgan fingerprint density at radius 2 is 1.54 bits per heavy atom. The fourth-order valence-electron chi connectivity index (χ4n) is 4.96. The van der Waals surface area contributed by atoms with Gasteiger partial charge in [0.25, 0.3) is 0 Å². The summed E-state index contributed by atoms with van der Waals surface area (Å²) >= 11 is 0. The van der Waals surface area contributed by atoms with Gasteiger partial charge in [-0.15, -0.1) is 0 Å².